The Balaban J connectivity index is -0.000000432. The predicted octanol–water partition coefficient (Wildman–Crippen LogP) is 3.02. The van der Waals surface area contributed by atoms with Crippen molar-refractivity contribution >= 4 is 41.0 Å². The number of carbonyl (C=O) groups excluding carboxylic acids is 3. The summed E-state index contributed by atoms with van der Waals surface area (Å²) >= 11 is 11.4. The fourth-order valence-electron chi connectivity index (χ4n) is 2.41. The molecular formula is C23H38Cl2N6O6. The molecule has 0 saturated carbocycles. The van der Waals surface area contributed by atoms with E-state index in [1.807, 2.05) is 20.8 Å². The van der Waals surface area contributed by atoms with Crippen LogP contribution in [0.25, 0.3) is 0 Å². The Morgan fingerprint density at radius 2 is 1.49 bits per heavy atom. The molecule has 0 aliphatic rings. The molecule has 0 aromatic carbocycles. The number of carbonyl (C=O) groups is 3. The highest BCUT2D eigenvalue weighted by Gasteiger charge is 2.19. The van der Waals surface area contributed by atoms with Gasteiger partial charge in [-0.25, -0.2) is 19.6 Å². The first-order chi connectivity index (χ1) is 16.7. The van der Waals surface area contributed by atoms with Crippen molar-refractivity contribution in [3.8, 4) is 0 Å². The molecule has 37 heavy (non-hydrogen) atoms. The number of nitrogens with two attached hydrogens (primary N) is 2. The predicted molar refractivity (Wildman–Crippen MR) is 145 cm³/mol. The monoisotopic (exact) mass is 564 g/mol. The van der Waals surface area contributed by atoms with Gasteiger partial charge in [-0.1, -0.05) is 39.8 Å². The van der Waals surface area contributed by atoms with Crippen molar-refractivity contribution in [1.29, 1.82) is 0 Å². The molecule has 2 rings (SSSR count). The van der Waals surface area contributed by atoms with Gasteiger partial charge in [0.05, 0.1) is 7.11 Å². The van der Waals surface area contributed by atoms with Crippen molar-refractivity contribution in [3.05, 3.63) is 53.8 Å². The molecule has 14 heteroatoms. The van der Waals surface area contributed by atoms with Gasteiger partial charge in [0.1, 0.15) is 16.9 Å². The van der Waals surface area contributed by atoms with E-state index in [1.54, 1.807) is 20.8 Å². The van der Waals surface area contributed by atoms with Crippen LogP contribution in [0.3, 0.4) is 0 Å². The van der Waals surface area contributed by atoms with Crippen LogP contribution < -0.4 is 22.7 Å². The number of methoxy groups -OCH3 is 1. The molecule has 210 valence electrons. The minimum atomic E-state index is -0.833. The lowest BCUT2D eigenvalue weighted by atomic mass is 10.1. The third kappa shape index (κ3) is 15.5. The lowest BCUT2D eigenvalue weighted by Crippen LogP contribution is -2.26. The number of Topliss-reactive ketones (excluding diaryl/α,β-unsaturated/α-hetero) is 1. The van der Waals surface area contributed by atoms with Crippen LogP contribution in [0.2, 0.25) is 10.4 Å². The highest BCUT2D eigenvalue weighted by Crippen LogP contribution is 2.17. The normalized spacial score (nSPS) is 9.97. The number of esters is 1. The number of nitrogens with zero attached hydrogens (tertiary/aromatic N) is 2. The first kappa shape index (κ1) is 38.3. The fraction of sp³-hybridized carbons (Fsp3) is 0.522. The smallest absolute Gasteiger partial charge is 0.325 e. The molecule has 0 spiro atoms. The molecule has 0 radical (unpaired) electrons. The molecule has 2 aromatic rings. The van der Waals surface area contributed by atoms with Gasteiger partial charge in [-0.15, -0.1) is 0 Å². The third-order valence-electron chi connectivity index (χ3n) is 4.52. The zero-order valence-corrected chi connectivity index (χ0v) is 23.0. The van der Waals surface area contributed by atoms with E-state index in [0.29, 0.717) is 29.3 Å². The molecule has 1 atom stereocenters. The summed E-state index contributed by atoms with van der Waals surface area (Å²) in [6.45, 7) is 10.7. The van der Waals surface area contributed by atoms with Gasteiger partial charge >= 0.3 is 17.7 Å². The number of ketones is 1. The number of aromatic nitrogens is 4. The van der Waals surface area contributed by atoms with Gasteiger partial charge in [0.25, 0.3) is 5.56 Å². The van der Waals surface area contributed by atoms with Crippen molar-refractivity contribution < 1.29 is 19.1 Å². The van der Waals surface area contributed by atoms with Crippen LogP contribution in [-0.4, -0.2) is 44.8 Å². The van der Waals surface area contributed by atoms with Gasteiger partial charge in [-0.2, -0.15) is 0 Å². The number of urea groups is 1. The molecule has 0 aliphatic heterocycles. The third-order valence-corrected chi connectivity index (χ3v) is 5.06. The molecule has 6 N–H and O–H groups in total. The molecule has 0 saturated heterocycles. The van der Waals surface area contributed by atoms with Gasteiger partial charge in [-0.05, 0) is 45.2 Å². The Bertz CT molecular complexity index is 1110. The van der Waals surface area contributed by atoms with E-state index in [0.717, 1.165) is 17.7 Å². The maximum absolute atomic E-state index is 10.9. The van der Waals surface area contributed by atoms with E-state index < -0.39 is 23.6 Å². The summed E-state index contributed by atoms with van der Waals surface area (Å²) in [5.74, 6) is -1.13. The van der Waals surface area contributed by atoms with Crippen LogP contribution in [-0.2, 0) is 27.2 Å². The zero-order valence-electron chi connectivity index (χ0n) is 21.5. The molecule has 0 aliphatic carbocycles. The lowest BCUT2D eigenvalue weighted by Gasteiger charge is -2.04. The van der Waals surface area contributed by atoms with E-state index in [-0.39, 0.29) is 24.1 Å². The topological polar surface area (TPSA) is 204 Å². The van der Waals surface area contributed by atoms with E-state index in [1.165, 1.54) is 7.11 Å². The quantitative estimate of drug-likeness (QED) is 0.183. The van der Waals surface area contributed by atoms with Gasteiger partial charge in [0.2, 0.25) is 5.28 Å². The molecule has 12 nitrogen and oxygen atoms in total. The van der Waals surface area contributed by atoms with E-state index >= 15 is 0 Å². The number of aryl methyl sites for hydroxylation is 2. The maximum Gasteiger partial charge on any atom is 0.325 e. The van der Waals surface area contributed by atoms with Crippen LogP contribution >= 0.6 is 23.2 Å². The number of aromatic amines is 2. The van der Waals surface area contributed by atoms with Crippen molar-refractivity contribution in [2.75, 3.05) is 7.11 Å². The Morgan fingerprint density at radius 1 is 0.973 bits per heavy atom. The fourth-order valence-corrected chi connectivity index (χ4v) is 2.83. The van der Waals surface area contributed by atoms with Gasteiger partial charge in [-0.3, -0.25) is 19.4 Å². The number of halogens is 2. The molecule has 2 heterocycles. The highest BCUT2D eigenvalue weighted by atomic mass is 35.5. The van der Waals surface area contributed by atoms with Gasteiger partial charge < -0.3 is 21.2 Å². The van der Waals surface area contributed by atoms with Crippen molar-refractivity contribution in [1.82, 2.24) is 19.9 Å². The number of hydrogen-bond acceptors (Lipinski definition) is 8. The summed E-state index contributed by atoms with van der Waals surface area (Å²) in [7, 11) is 1.28. The summed E-state index contributed by atoms with van der Waals surface area (Å²) in [4.78, 5) is 64.7. The van der Waals surface area contributed by atoms with Crippen LogP contribution in [0.4, 0.5) is 4.79 Å². The first-order valence-corrected chi connectivity index (χ1v) is 11.6. The number of nitrogens with one attached hydrogen (secondary N) is 2. The van der Waals surface area contributed by atoms with E-state index in [9.17, 15) is 19.2 Å². The Hall–Kier alpha value is -3.25. The number of rotatable bonds is 5. The second kappa shape index (κ2) is 19.9. The molecule has 2 aromatic heterocycles. The second-order valence-electron chi connectivity index (χ2n) is 7.04. The Labute approximate surface area is 226 Å². The minimum absolute atomic E-state index is 0. The van der Waals surface area contributed by atoms with Gasteiger partial charge in [0.15, 0.2) is 0 Å². The number of hydrogen-bond donors (Lipinski definition) is 4. The number of amides is 2. The SMILES string of the molecule is C.CCC(=O)C(C)C(=O)OC.CCc1[nH]c(=O)[nH]c(=O)c1C.CCc1nc(Cl)nc(Cl)c1C.NC(N)=O. The highest BCUT2D eigenvalue weighted by molar-refractivity contribution is 6.32. The van der Waals surface area contributed by atoms with Crippen LogP contribution in [0.1, 0.15) is 64.1 Å². The van der Waals surface area contributed by atoms with Crippen LogP contribution in [0, 0.1) is 19.8 Å². The summed E-state index contributed by atoms with van der Waals surface area (Å²) in [5, 5.41) is 0.666. The second-order valence-corrected chi connectivity index (χ2v) is 7.74. The molecule has 1 unspecified atom stereocenters. The van der Waals surface area contributed by atoms with Crippen LogP contribution in [0.15, 0.2) is 9.59 Å². The van der Waals surface area contributed by atoms with Crippen molar-refractivity contribution in [2.45, 2.75) is 68.2 Å². The first-order valence-electron chi connectivity index (χ1n) is 10.8. The summed E-state index contributed by atoms with van der Waals surface area (Å²) < 4.78 is 4.38. The molecule has 2 amide bonds. The van der Waals surface area contributed by atoms with Crippen molar-refractivity contribution in [2.24, 2.45) is 17.4 Å². The van der Waals surface area contributed by atoms with Crippen LogP contribution in [0.5, 0.6) is 0 Å². The number of primary amides is 2. The molecule has 0 bridgehead atoms. The average Bonchev–Trinajstić information content (AvgIpc) is 2.82. The van der Waals surface area contributed by atoms with E-state index in [4.69, 9.17) is 28.0 Å². The molecular weight excluding hydrogens is 527 g/mol. The van der Waals surface area contributed by atoms with Gasteiger partial charge in [0, 0.05) is 28.9 Å². The van der Waals surface area contributed by atoms with Crippen molar-refractivity contribution in [3.63, 3.8) is 0 Å². The zero-order chi connectivity index (χ0) is 28.6. The Morgan fingerprint density at radius 3 is 1.89 bits per heavy atom. The molecule has 0 fully saturated rings. The standard InChI is InChI=1S/C7H8Cl2N2.C7H10N2O2.C7H12O3.CH4N2O.CH4/c1-3-5-4(2)6(8)11-7(9)10-5;1-3-5-4(2)6(10)9-7(11)8-5;1-4-6(8)5(2)7(9)10-3;2-1(3)4;/h3H2,1-2H3;3H2,1-2H3,(H2,8,9,10,11);5H,4H2,1-3H3;(H4,2,3,4);1H4. The Kier molecular flexibility index (Phi) is 20.6. The van der Waals surface area contributed by atoms with E-state index in [2.05, 4.69) is 36.1 Å². The largest absolute Gasteiger partial charge is 0.468 e. The minimum Gasteiger partial charge on any atom is -0.468 e. The maximum atomic E-state index is 10.9. The lowest BCUT2D eigenvalue weighted by molar-refractivity contribution is -0.148. The summed E-state index contributed by atoms with van der Waals surface area (Å²) in [6.07, 6.45) is 1.88. The average molecular weight is 565 g/mol. The number of H-pyrrole nitrogens is 2. The number of ether oxygens (including phenoxy) is 1. The summed E-state index contributed by atoms with van der Waals surface area (Å²) in [6, 6.07) is -0.833. The summed E-state index contributed by atoms with van der Waals surface area (Å²) in [5.41, 5.74) is 10.9.